The van der Waals surface area contributed by atoms with E-state index in [0.29, 0.717) is 0 Å². The van der Waals surface area contributed by atoms with Crippen molar-refractivity contribution >= 4 is 6.21 Å². The second-order valence-corrected chi connectivity index (χ2v) is 1.82. The molecule has 0 aliphatic carbocycles. The Morgan fingerprint density at radius 2 is 2.11 bits per heavy atom. The summed E-state index contributed by atoms with van der Waals surface area (Å²) in [5, 5.41) is 0. The summed E-state index contributed by atoms with van der Waals surface area (Å²) in [6.45, 7) is 4.01. The SMILES string of the molecule is C/C=C/C=C(C)\C=N/C. The molecule has 50 valence electrons. The maximum Gasteiger partial charge on any atom is 0.0277 e. The third kappa shape index (κ3) is 5.01. The molecule has 0 fully saturated rings. The van der Waals surface area contributed by atoms with Crippen LogP contribution < -0.4 is 0 Å². The van der Waals surface area contributed by atoms with Crippen LogP contribution in [0.5, 0.6) is 0 Å². The zero-order chi connectivity index (χ0) is 7.11. The van der Waals surface area contributed by atoms with Crippen LogP contribution in [0.4, 0.5) is 0 Å². The van der Waals surface area contributed by atoms with Gasteiger partial charge in [-0.15, -0.1) is 0 Å². The van der Waals surface area contributed by atoms with E-state index in [-0.39, 0.29) is 0 Å². The molecule has 0 radical (unpaired) electrons. The minimum absolute atomic E-state index is 1.18. The van der Waals surface area contributed by atoms with Gasteiger partial charge in [0.1, 0.15) is 0 Å². The molecule has 0 unspecified atom stereocenters. The van der Waals surface area contributed by atoms with E-state index in [1.807, 2.05) is 38.3 Å². The average molecular weight is 123 g/mol. The van der Waals surface area contributed by atoms with E-state index in [2.05, 4.69) is 4.99 Å². The normalized spacial score (nSPS) is 13.9. The van der Waals surface area contributed by atoms with E-state index >= 15 is 0 Å². The van der Waals surface area contributed by atoms with Crippen LogP contribution in [-0.4, -0.2) is 13.3 Å². The highest BCUT2D eigenvalue weighted by Gasteiger charge is 1.74. The lowest BCUT2D eigenvalue weighted by atomic mass is 10.3. The molecule has 1 nitrogen and oxygen atoms in total. The third-order valence-electron chi connectivity index (χ3n) is 0.884. The first-order valence-corrected chi connectivity index (χ1v) is 3.03. The maximum atomic E-state index is 3.86. The van der Waals surface area contributed by atoms with Crippen molar-refractivity contribution in [3.8, 4) is 0 Å². The minimum atomic E-state index is 1.18. The molecular formula is C8H13N. The Bertz CT molecular complexity index is 141. The molecular weight excluding hydrogens is 110 g/mol. The van der Waals surface area contributed by atoms with Crippen molar-refractivity contribution in [2.24, 2.45) is 4.99 Å². The number of hydrogen-bond donors (Lipinski definition) is 0. The smallest absolute Gasteiger partial charge is 0.0277 e. The van der Waals surface area contributed by atoms with E-state index in [1.165, 1.54) is 5.57 Å². The quantitative estimate of drug-likeness (QED) is 0.394. The first-order chi connectivity index (χ1) is 4.31. The van der Waals surface area contributed by atoms with Crippen LogP contribution in [0.3, 0.4) is 0 Å². The Morgan fingerprint density at radius 1 is 1.44 bits per heavy atom. The number of allylic oxidation sites excluding steroid dienone is 4. The van der Waals surface area contributed by atoms with Gasteiger partial charge in [-0.05, 0) is 19.4 Å². The lowest BCUT2D eigenvalue weighted by molar-refractivity contribution is 1.44. The zero-order valence-electron chi connectivity index (χ0n) is 6.26. The molecule has 0 amide bonds. The van der Waals surface area contributed by atoms with Crippen molar-refractivity contribution in [2.45, 2.75) is 13.8 Å². The zero-order valence-corrected chi connectivity index (χ0v) is 6.26. The first kappa shape index (κ1) is 8.15. The second-order valence-electron chi connectivity index (χ2n) is 1.82. The van der Waals surface area contributed by atoms with Crippen molar-refractivity contribution in [3.63, 3.8) is 0 Å². The van der Waals surface area contributed by atoms with Gasteiger partial charge < -0.3 is 0 Å². The molecule has 0 aliphatic rings. The molecule has 0 bridgehead atoms. The van der Waals surface area contributed by atoms with E-state index < -0.39 is 0 Å². The fraction of sp³-hybridized carbons (Fsp3) is 0.375. The molecule has 9 heavy (non-hydrogen) atoms. The molecule has 0 aromatic rings. The molecule has 0 aliphatic heterocycles. The van der Waals surface area contributed by atoms with Gasteiger partial charge in [-0.1, -0.05) is 18.2 Å². The molecule has 0 rings (SSSR count). The maximum absolute atomic E-state index is 3.86. The summed E-state index contributed by atoms with van der Waals surface area (Å²) < 4.78 is 0. The summed E-state index contributed by atoms with van der Waals surface area (Å²) in [6, 6.07) is 0. The molecule has 0 atom stereocenters. The monoisotopic (exact) mass is 123 g/mol. The molecule has 1 heteroatoms. The molecule has 0 aromatic heterocycles. The van der Waals surface area contributed by atoms with Gasteiger partial charge in [0, 0.05) is 13.3 Å². The number of aliphatic imine (C=N–C) groups is 1. The average Bonchev–Trinajstić information content (AvgIpc) is 1.85. The fourth-order valence-electron chi connectivity index (χ4n) is 0.495. The summed E-state index contributed by atoms with van der Waals surface area (Å²) in [5.74, 6) is 0. The van der Waals surface area contributed by atoms with Gasteiger partial charge in [-0.25, -0.2) is 0 Å². The largest absolute Gasteiger partial charge is 0.296 e. The van der Waals surface area contributed by atoms with Gasteiger partial charge >= 0.3 is 0 Å². The third-order valence-corrected chi connectivity index (χ3v) is 0.884. The number of rotatable bonds is 2. The summed E-state index contributed by atoms with van der Waals surface area (Å²) in [4.78, 5) is 3.86. The molecule has 0 N–H and O–H groups in total. The van der Waals surface area contributed by atoms with Gasteiger partial charge in [0.25, 0.3) is 0 Å². The summed E-state index contributed by atoms with van der Waals surface area (Å²) >= 11 is 0. The van der Waals surface area contributed by atoms with Crippen LogP contribution in [0, 0.1) is 0 Å². The highest BCUT2D eigenvalue weighted by Crippen LogP contribution is 1.87. The van der Waals surface area contributed by atoms with Gasteiger partial charge in [-0.2, -0.15) is 0 Å². The van der Waals surface area contributed by atoms with Crippen LogP contribution >= 0.6 is 0 Å². The molecule has 0 saturated heterocycles. The molecule has 0 aromatic carbocycles. The molecule has 0 spiro atoms. The number of nitrogens with zero attached hydrogens (tertiary/aromatic N) is 1. The predicted octanol–water partition coefficient (Wildman–Crippen LogP) is 2.21. The Labute approximate surface area is 56.8 Å². The van der Waals surface area contributed by atoms with Gasteiger partial charge in [-0.3, -0.25) is 4.99 Å². The summed E-state index contributed by atoms with van der Waals surface area (Å²) in [5.41, 5.74) is 1.18. The second kappa shape index (κ2) is 5.29. The molecule has 0 heterocycles. The molecule has 0 saturated carbocycles. The van der Waals surface area contributed by atoms with Crippen LogP contribution in [0.15, 0.2) is 28.8 Å². The van der Waals surface area contributed by atoms with Crippen molar-refractivity contribution in [1.82, 2.24) is 0 Å². The van der Waals surface area contributed by atoms with Crippen molar-refractivity contribution in [1.29, 1.82) is 0 Å². The van der Waals surface area contributed by atoms with E-state index in [1.54, 1.807) is 7.05 Å². The van der Waals surface area contributed by atoms with Gasteiger partial charge in [0.2, 0.25) is 0 Å². The van der Waals surface area contributed by atoms with Crippen molar-refractivity contribution in [2.75, 3.05) is 7.05 Å². The van der Waals surface area contributed by atoms with Crippen LogP contribution in [0.25, 0.3) is 0 Å². The minimum Gasteiger partial charge on any atom is -0.296 e. The van der Waals surface area contributed by atoms with Crippen LogP contribution in [0.1, 0.15) is 13.8 Å². The fourth-order valence-corrected chi connectivity index (χ4v) is 0.495. The van der Waals surface area contributed by atoms with Crippen LogP contribution in [0.2, 0.25) is 0 Å². The van der Waals surface area contributed by atoms with E-state index in [0.717, 1.165) is 0 Å². The number of hydrogen-bond acceptors (Lipinski definition) is 1. The lowest BCUT2D eigenvalue weighted by Gasteiger charge is -1.83. The highest BCUT2D eigenvalue weighted by molar-refractivity contribution is 5.77. The Morgan fingerprint density at radius 3 is 2.56 bits per heavy atom. The predicted molar refractivity (Wildman–Crippen MR) is 43.0 cm³/mol. The summed E-state index contributed by atoms with van der Waals surface area (Å²) in [7, 11) is 1.77. The van der Waals surface area contributed by atoms with Gasteiger partial charge in [0.15, 0.2) is 0 Å². The van der Waals surface area contributed by atoms with Gasteiger partial charge in [0.05, 0.1) is 0 Å². The van der Waals surface area contributed by atoms with Crippen LogP contribution in [-0.2, 0) is 0 Å². The topological polar surface area (TPSA) is 12.4 Å². The Hall–Kier alpha value is -0.850. The van der Waals surface area contributed by atoms with Crippen molar-refractivity contribution < 1.29 is 0 Å². The Balaban J connectivity index is 3.84. The summed E-state index contributed by atoms with van der Waals surface area (Å²) in [6.07, 6.45) is 7.84. The van der Waals surface area contributed by atoms with E-state index in [4.69, 9.17) is 0 Å². The first-order valence-electron chi connectivity index (χ1n) is 3.03. The Kier molecular flexibility index (Phi) is 4.79. The standard InChI is InChI=1S/C8H13N/c1-4-5-6-8(2)7-9-3/h4-7H,1-3H3/b5-4+,8-6-,9-7-. The van der Waals surface area contributed by atoms with Crippen molar-refractivity contribution in [3.05, 3.63) is 23.8 Å². The lowest BCUT2D eigenvalue weighted by Crippen LogP contribution is -1.73. The van der Waals surface area contributed by atoms with E-state index in [9.17, 15) is 0 Å². The highest BCUT2D eigenvalue weighted by atomic mass is 14.6.